The van der Waals surface area contributed by atoms with Crippen molar-refractivity contribution in [2.45, 2.75) is 27.2 Å². The Bertz CT molecular complexity index is 606. The fraction of sp³-hybridized carbons (Fsp3) is 0.294. The molecular formula is C17H21N3O. The van der Waals surface area contributed by atoms with Gasteiger partial charge in [-0.1, -0.05) is 32.0 Å². The van der Waals surface area contributed by atoms with Gasteiger partial charge < -0.3 is 10.6 Å². The number of pyridine rings is 1. The molecule has 1 amide bonds. The summed E-state index contributed by atoms with van der Waals surface area (Å²) in [6.07, 6.45) is 2.22. The standard InChI is InChI=1S/C17H21N3O/c1-12(2)10-17(21)20-16-9-8-14(11-18-16)19-15-7-5-4-6-13(15)3/h4-9,11-12,19H,10H2,1-3H3,(H,18,20,21). The van der Waals surface area contributed by atoms with Crippen LogP contribution in [0.25, 0.3) is 0 Å². The number of nitrogens with zero attached hydrogens (tertiary/aromatic N) is 1. The Labute approximate surface area is 125 Å². The van der Waals surface area contributed by atoms with Crippen molar-refractivity contribution in [3.63, 3.8) is 0 Å². The molecule has 4 nitrogen and oxygen atoms in total. The van der Waals surface area contributed by atoms with Crippen LogP contribution in [0.15, 0.2) is 42.6 Å². The Morgan fingerprint density at radius 3 is 2.57 bits per heavy atom. The molecule has 0 radical (unpaired) electrons. The molecule has 0 aliphatic rings. The molecule has 21 heavy (non-hydrogen) atoms. The van der Waals surface area contributed by atoms with E-state index in [0.717, 1.165) is 11.4 Å². The van der Waals surface area contributed by atoms with Crippen LogP contribution in [0.1, 0.15) is 25.8 Å². The average Bonchev–Trinajstić information content (AvgIpc) is 2.42. The first kappa shape index (κ1) is 15.0. The van der Waals surface area contributed by atoms with Gasteiger partial charge in [0.25, 0.3) is 0 Å². The largest absolute Gasteiger partial charge is 0.354 e. The SMILES string of the molecule is Cc1ccccc1Nc1ccc(NC(=O)CC(C)C)nc1. The smallest absolute Gasteiger partial charge is 0.225 e. The van der Waals surface area contributed by atoms with E-state index in [1.54, 1.807) is 12.3 Å². The number of aromatic nitrogens is 1. The molecule has 2 N–H and O–H groups in total. The lowest BCUT2D eigenvalue weighted by Gasteiger charge is -2.10. The van der Waals surface area contributed by atoms with E-state index in [2.05, 4.69) is 28.6 Å². The van der Waals surface area contributed by atoms with E-state index in [9.17, 15) is 4.79 Å². The summed E-state index contributed by atoms with van der Waals surface area (Å²) in [5, 5.41) is 6.11. The zero-order chi connectivity index (χ0) is 15.2. The fourth-order valence-electron chi connectivity index (χ4n) is 1.98. The zero-order valence-corrected chi connectivity index (χ0v) is 12.7. The maximum Gasteiger partial charge on any atom is 0.225 e. The Morgan fingerprint density at radius 2 is 1.95 bits per heavy atom. The van der Waals surface area contributed by atoms with Crippen LogP contribution in [0.4, 0.5) is 17.2 Å². The minimum atomic E-state index is -0.00267. The molecule has 0 atom stereocenters. The highest BCUT2D eigenvalue weighted by Crippen LogP contribution is 2.20. The van der Waals surface area contributed by atoms with Crippen molar-refractivity contribution in [1.29, 1.82) is 0 Å². The molecule has 0 bridgehead atoms. The third kappa shape index (κ3) is 4.60. The van der Waals surface area contributed by atoms with Gasteiger partial charge in [0.05, 0.1) is 11.9 Å². The minimum absolute atomic E-state index is 0.00267. The molecule has 0 saturated carbocycles. The molecule has 0 aliphatic heterocycles. The predicted molar refractivity (Wildman–Crippen MR) is 86.8 cm³/mol. The molecule has 0 aliphatic carbocycles. The van der Waals surface area contributed by atoms with Crippen molar-refractivity contribution in [2.75, 3.05) is 10.6 Å². The van der Waals surface area contributed by atoms with Gasteiger partial charge in [-0.15, -0.1) is 0 Å². The average molecular weight is 283 g/mol. The number of benzene rings is 1. The van der Waals surface area contributed by atoms with Gasteiger partial charge in [-0.2, -0.15) is 0 Å². The maximum atomic E-state index is 11.7. The first-order valence-corrected chi connectivity index (χ1v) is 7.13. The Morgan fingerprint density at radius 1 is 1.19 bits per heavy atom. The van der Waals surface area contributed by atoms with Crippen LogP contribution < -0.4 is 10.6 Å². The molecule has 110 valence electrons. The number of hydrogen-bond donors (Lipinski definition) is 2. The molecule has 1 heterocycles. The summed E-state index contributed by atoms with van der Waals surface area (Å²) in [7, 11) is 0. The van der Waals surface area contributed by atoms with Gasteiger partial charge in [0.2, 0.25) is 5.91 Å². The van der Waals surface area contributed by atoms with E-state index in [4.69, 9.17) is 0 Å². The number of rotatable bonds is 5. The molecule has 2 rings (SSSR count). The Kier molecular flexibility index (Phi) is 4.93. The summed E-state index contributed by atoms with van der Waals surface area (Å²) in [6, 6.07) is 11.8. The molecule has 0 unspecified atom stereocenters. The van der Waals surface area contributed by atoms with Crippen molar-refractivity contribution >= 4 is 23.1 Å². The molecule has 0 saturated heterocycles. The van der Waals surface area contributed by atoms with Crippen molar-refractivity contribution in [1.82, 2.24) is 4.98 Å². The number of carbonyl (C=O) groups is 1. The quantitative estimate of drug-likeness (QED) is 0.868. The lowest BCUT2D eigenvalue weighted by Crippen LogP contribution is -2.14. The first-order valence-electron chi connectivity index (χ1n) is 7.13. The van der Waals surface area contributed by atoms with E-state index in [1.165, 1.54) is 5.56 Å². The third-order valence-electron chi connectivity index (χ3n) is 3.05. The maximum absolute atomic E-state index is 11.7. The summed E-state index contributed by atoms with van der Waals surface area (Å²) >= 11 is 0. The molecule has 0 fully saturated rings. The summed E-state index contributed by atoms with van der Waals surface area (Å²) < 4.78 is 0. The van der Waals surface area contributed by atoms with E-state index < -0.39 is 0 Å². The summed E-state index contributed by atoms with van der Waals surface area (Å²) in [4.78, 5) is 15.9. The number of carbonyl (C=O) groups excluding carboxylic acids is 1. The van der Waals surface area contributed by atoms with Crippen LogP contribution in [-0.4, -0.2) is 10.9 Å². The van der Waals surface area contributed by atoms with Crippen molar-refractivity contribution in [2.24, 2.45) is 5.92 Å². The van der Waals surface area contributed by atoms with Gasteiger partial charge in [-0.3, -0.25) is 4.79 Å². The molecule has 1 aromatic heterocycles. The zero-order valence-electron chi connectivity index (χ0n) is 12.7. The highest BCUT2D eigenvalue weighted by molar-refractivity contribution is 5.89. The number of anilines is 3. The van der Waals surface area contributed by atoms with Crippen LogP contribution in [0.2, 0.25) is 0 Å². The van der Waals surface area contributed by atoms with Gasteiger partial charge in [-0.05, 0) is 36.6 Å². The first-order chi connectivity index (χ1) is 10.0. The van der Waals surface area contributed by atoms with Crippen molar-refractivity contribution in [3.05, 3.63) is 48.2 Å². The second kappa shape index (κ2) is 6.88. The topological polar surface area (TPSA) is 54.0 Å². The van der Waals surface area contributed by atoms with Gasteiger partial charge >= 0.3 is 0 Å². The van der Waals surface area contributed by atoms with Gasteiger partial charge in [0.1, 0.15) is 5.82 Å². The van der Waals surface area contributed by atoms with Crippen LogP contribution in [0.3, 0.4) is 0 Å². The van der Waals surface area contributed by atoms with Crippen molar-refractivity contribution in [3.8, 4) is 0 Å². The monoisotopic (exact) mass is 283 g/mol. The van der Waals surface area contributed by atoms with Crippen molar-refractivity contribution < 1.29 is 4.79 Å². The van der Waals surface area contributed by atoms with E-state index >= 15 is 0 Å². The summed E-state index contributed by atoms with van der Waals surface area (Å²) in [6.45, 7) is 6.08. The number of para-hydroxylation sites is 1. The van der Waals surface area contributed by atoms with Crippen LogP contribution in [-0.2, 0) is 4.79 Å². The summed E-state index contributed by atoms with van der Waals surface area (Å²) in [5.74, 6) is 0.917. The second-order valence-corrected chi connectivity index (χ2v) is 5.52. The highest BCUT2D eigenvalue weighted by atomic mass is 16.1. The van der Waals surface area contributed by atoms with E-state index in [1.807, 2.05) is 38.1 Å². The highest BCUT2D eigenvalue weighted by Gasteiger charge is 2.06. The van der Waals surface area contributed by atoms with Crippen LogP contribution in [0, 0.1) is 12.8 Å². The number of amides is 1. The molecule has 4 heteroatoms. The van der Waals surface area contributed by atoms with Gasteiger partial charge in [0.15, 0.2) is 0 Å². The normalized spacial score (nSPS) is 10.5. The Hall–Kier alpha value is -2.36. The number of aryl methyl sites for hydroxylation is 1. The molecule has 1 aromatic carbocycles. The number of hydrogen-bond acceptors (Lipinski definition) is 3. The molecule has 0 spiro atoms. The second-order valence-electron chi connectivity index (χ2n) is 5.52. The van der Waals surface area contributed by atoms with Gasteiger partial charge in [-0.25, -0.2) is 4.98 Å². The Balaban J connectivity index is 1.99. The predicted octanol–water partition coefficient (Wildman–Crippen LogP) is 4.12. The van der Waals surface area contributed by atoms with Gasteiger partial charge in [0, 0.05) is 12.1 Å². The molecular weight excluding hydrogens is 262 g/mol. The van der Waals surface area contributed by atoms with E-state index in [-0.39, 0.29) is 5.91 Å². The molecule has 2 aromatic rings. The van der Waals surface area contributed by atoms with Crippen LogP contribution in [0.5, 0.6) is 0 Å². The number of nitrogens with one attached hydrogen (secondary N) is 2. The minimum Gasteiger partial charge on any atom is -0.354 e. The third-order valence-corrected chi connectivity index (χ3v) is 3.05. The summed E-state index contributed by atoms with van der Waals surface area (Å²) in [5.41, 5.74) is 3.12. The van der Waals surface area contributed by atoms with Crippen LogP contribution >= 0.6 is 0 Å². The lowest BCUT2D eigenvalue weighted by molar-refractivity contribution is -0.116. The lowest BCUT2D eigenvalue weighted by atomic mass is 10.1. The fourth-order valence-corrected chi connectivity index (χ4v) is 1.98. The van der Waals surface area contributed by atoms with E-state index in [0.29, 0.717) is 18.2 Å².